The number of fused-ring (bicyclic) bond motifs is 1. The summed E-state index contributed by atoms with van der Waals surface area (Å²) in [7, 11) is 0. The molecule has 1 fully saturated rings. The van der Waals surface area contributed by atoms with Crippen LogP contribution in [0, 0.1) is 0 Å². The minimum Gasteiger partial charge on any atom is -0.343 e. The van der Waals surface area contributed by atoms with Gasteiger partial charge in [-0.2, -0.15) is 4.98 Å². The largest absolute Gasteiger partial charge is 0.343 e. The molecule has 1 N–H and O–H groups in total. The van der Waals surface area contributed by atoms with E-state index in [1.54, 1.807) is 17.0 Å². The second kappa shape index (κ2) is 8.94. The average molecular weight is 431 g/mol. The summed E-state index contributed by atoms with van der Waals surface area (Å²) in [5.41, 5.74) is 3.76. The van der Waals surface area contributed by atoms with E-state index in [-0.39, 0.29) is 18.4 Å². The third-order valence-electron chi connectivity index (χ3n) is 6.43. The first kappa shape index (κ1) is 20.4. The van der Waals surface area contributed by atoms with Crippen LogP contribution in [0.5, 0.6) is 0 Å². The Morgan fingerprint density at radius 3 is 2.56 bits per heavy atom. The predicted octanol–water partition coefficient (Wildman–Crippen LogP) is 3.71. The topological polar surface area (TPSA) is 88.3 Å². The Bertz CT molecular complexity index is 1120. The number of amides is 2. The second-order valence-electron chi connectivity index (χ2n) is 8.53. The molecule has 2 heterocycles. The molecule has 3 aromatic rings. The third kappa shape index (κ3) is 4.28. The highest BCUT2D eigenvalue weighted by atomic mass is 16.5. The van der Waals surface area contributed by atoms with Gasteiger partial charge in [-0.05, 0) is 42.5 Å². The monoisotopic (exact) mass is 430 g/mol. The molecular formula is C25H26N4O3. The number of rotatable bonds is 5. The number of nitrogens with zero attached hydrogens (tertiary/aromatic N) is 3. The molecule has 2 aromatic carbocycles. The van der Waals surface area contributed by atoms with E-state index in [9.17, 15) is 9.59 Å². The minimum atomic E-state index is -0.276. The Balaban J connectivity index is 1.16. The van der Waals surface area contributed by atoms with Crippen molar-refractivity contribution in [3.63, 3.8) is 0 Å². The molecule has 5 rings (SSSR count). The summed E-state index contributed by atoms with van der Waals surface area (Å²) in [6, 6.07) is 15.2. The Morgan fingerprint density at radius 1 is 1.03 bits per heavy atom. The van der Waals surface area contributed by atoms with Crippen molar-refractivity contribution in [1.29, 1.82) is 0 Å². The third-order valence-corrected chi connectivity index (χ3v) is 6.43. The van der Waals surface area contributed by atoms with Crippen LogP contribution in [-0.4, -0.2) is 39.9 Å². The van der Waals surface area contributed by atoms with Crippen LogP contribution in [0.4, 0.5) is 0 Å². The van der Waals surface area contributed by atoms with Crippen LogP contribution < -0.4 is 5.32 Å². The predicted molar refractivity (Wildman–Crippen MR) is 119 cm³/mol. The van der Waals surface area contributed by atoms with Crippen molar-refractivity contribution in [2.24, 2.45) is 0 Å². The number of hydrogen-bond donors (Lipinski definition) is 1. The molecule has 0 atom stereocenters. The first-order valence-corrected chi connectivity index (χ1v) is 11.2. The zero-order valence-corrected chi connectivity index (χ0v) is 17.9. The minimum absolute atomic E-state index is 0.0155. The van der Waals surface area contributed by atoms with Crippen molar-refractivity contribution in [2.45, 2.75) is 44.6 Å². The number of nitrogens with one attached hydrogen (secondary N) is 1. The molecule has 1 aliphatic heterocycles. The summed E-state index contributed by atoms with van der Waals surface area (Å²) in [6.45, 7) is 1.25. The van der Waals surface area contributed by atoms with Gasteiger partial charge in [0.1, 0.15) is 0 Å². The standard InChI is InChI=1S/C25H26N4O3/c30-22(29-14-13-17-5-1-4-8-21(17)16-29)15-26-24(31)19-11-9-18(10-12-19)23-27-25(32-28-23)20-6-2-3-7-20/h1,4-5,8-12,20H,2-3,6-7,13-16H2,(H,26,31). The zero-order valence-electron chi connectivity index (χ0n) is 17.9. The summed E-state index contributed by atoms with van der Waals surface area (Å²) in [5, 5.41) is 6.84. The molecule has 1 aliphatic carbocycles. The molecule has 0 saturated heterocycles. The first-order chi connectivity index (χ1) is 15.7. The molecule has 1 aromatic heterocycles. The Morgan fingerprint density at radius 2 is 1.78 bits per heavy atom. The molecule has 164 valence electrons. The van der Waals surface area contributed by atoms with Crippen LogP contribution in [-0.2, 0) is 17.8 Å². The van der Waals surface area contributed by atoms with E-state index < -0.39 is 0 Å². The zero-order chi connectivity index (χ0) is 21.9. The SMILES string of the molecule is O=C(NCC(=O)N1CCc2ccccc2C1)c1ccc(-c2noc(C3CCCC3)n2)cc1. The van der Waals surface area contributed by atoms with Gasteiger partial charge >= 0.3 is 0 Å². The highest BCUT2D eigenvalue weighted by molar-refractivity contribution is 5.96. The van der Waals surface area contributed by atoms with Crippen LogP contribution in [0.15, 0.2) is 53.1 Å². The molecule has 7 heteroatoms. The van der Waals surface area contributed by atoms with Gasteiger partial charge in [0.15, 0.2) is 0 Å². The van der Waals surface area contributed by atoms with Crippen molar-refractivity contribution in [3.05, 3.63) is 71.1 Å². The summed E-state index contributed by atoms with van der Waals surface area (Å²) >= 11 is 0. The lowest BCUT2D eigenvalue weighted by molar-refractivity contribution is -0.131. The molecular weight excluding hydrogens is 404 g/mol. The molecule has 2 aliphatic rings. The lowest BCUT2D eigenvalue weighted by atomic mass is 10.00. The van der Waals surface area contributed by atoms with Gasteiger partial charge in [0.2, 0.25) is 17.6 Å². The summed E-state index contributed by atoms with van der Waals surface area (Å²) < 4.78 is 5.44. The van der Waals surface area contributed by atoms with Gasteiger partial charge in [-0.15, -0.1) is 0 Å². The lowest BCUT2D eigenvalue weighted by Crippen LogP contribution is -2.42. The lowest BCUT2D eigenvalue weighted by Gasteiger charge is -2.29. The number of benzene rings is 2. The summed E-state index contributed by atoms with van der Waals surface area (Å²) in [4.78, 5) is 31.4. The Labute approximate surface area is 186 Å². The molecule has 0 bridgehead atoms. The number of aromatic nitrogens is 2. The molecule has 1 saturated carbocycles. The smallest absolute Gasteiger partial charge is 0.251 e. The Kier molecular flexibility index (Phi) is 5.71. The van der Waals surface area contributed by atoms with E-state index >= 15 is 0 Å². The van der Waals surface area contributed by atoms with Crippen molar-refractivity contribution in [1.82, 2.24) is 20.4 Å². The van der Waals surface area contributed by atoms with E-state index in [1.807, 2.05) is 24.3 Å². The Hall–Kier alpha value is -3.48. The summed E-state index contributed by atoms with van der Waals surface area (Å²) in [6.07, 6.45) is 5.46. The summed E-state index contributed by atoms with van der Waals surface area (Å²) in [5.74, 6) is 1.27. The number of carbonyl (C=O) groups excluding carboxylic acids is 2. The molecule has 0 unspecified atom stereocenters. The number of carbonyl (C=O) groups is 2. The highest BCUT2D eigenvalue weighted by Gasteiger charge is 2.24. The van der Waals surface area contributed by atoms with Crippen LogP contribution in [0.25, 0.3) is 11.4 Å². The maximum absolute atomic E-state index is 12.6. The fourth-order valence-corrected chi connectivity index (χ4v) is 4.54. The molecule has 7 nitrogen and oxygen atoms in total. The van der Waals surface area contributed by atoms with E-state index in [1.165, 1.54) is 24.0 Å². The van der Waals surface area contributed by atoms with E-state index in [0.29, 0.717) is 36.3 Å². The van der Waals surface area contributed by atoms with Crippen molar-refractivity contribution in [2.75, 3.05) is 13.1 Å². The van der Waals surface area contributed by atoms with Crippen LogP contribution in [0.3, 0.4) is 0 Å². The maximum atomic E-state index is 12.6. The van der Waals surface area contributed by atoms with Gasteiger partial charge in [0.25, 0.3) is 5.91 Å². The maximum Gasteiger partial charge on any atom is 0.251 e. The molecule has 0 radical (unpaired) electrons. The fraction of sp³-hybridized carbons (Fsp3) is 0.360. The van der Waals surface area contributed by atoms with Crippen molar-refractivity contribution >= 4 is 11.8 Å². The van der Waals surface area contributed by atoms with Gasteiger partial charge in [0.05, 0.1) is 6.54 Å². The average Bonchev–Trinajstić information content (AvgIpc) is 3.54. The first-order valence-electron chi connectivity index (χ1n) is 11.2. The van der Waals surface area contributed by atoms with Gasteiger partial charge in [0, 0.05) is 30.1 Å². The molecule has 0 spiro atoms. The normalized spacial score (nSPS) is 16.1. The second-order valence-corrected chi connectivity index (χ2v) is 8.53. The van der Waals surface area contributed by atoms with Crippen LogP contribution >= 0.6 is 0 Å². The number of hydrogen-bond acceptors (Lipinski definition) is 5. The van der Waals surface area contributed by atoms with Gasteiger partial charge in [-0.1, -0.05) is 54.4 Å². The van der Waals surface area contributed by atoms with E-state index in [0.717, 1.165) is 24.8 Å². The van der Waals surface area contributed by atoms with Crippen LogP contribution in [0.2, 0.25) is 0 Å². The fourth-order valence-electron chi connectivity index (χ4n) is 4.54. The van der Waals surface area contributed by atoms with Crippen molar-refractivity contribution < 1.29 is 14.1 Å². The van der Waals surface area contributed by atoms with Gasteiger partial charge in [-0.3, -0.25) is 9.59 Å². The van der Waals surface area contributed by atoms with E-state index in [4.69, 9.17) is 4.52 Å². The van der Waals surface area contributed by atoms with Crippen LogP contribution in [0.1, 0.15) is 59.0 Å². The van der Waals surface area contributed by atoms with Crippen molar-refractivity contribution in [3.8, 4) is 11.4 Å². The van der Waals surface area contributed by atoms with Gasteiger partial charge < -0.3 is 14.7 Å². The van der Waals surface area contributed by atoms with Gasteiger partial charge in [-0.25, -0.2) is 0 Å². The highest BCUT2D eigenvalue weighted by Crippen LogP contribution is 2.33. The quantitative estimate of drug-likeness (QED) is 0.667. The molecule has 2 amide bonds. The van der Waals surface area contributed by atoms with E-state index in [2.05, 4.69) is 27.6 Å². The molecule has 32 heavy (non-hydrogen) atoms.